The lowest BCUT2D eigenvalue weighted by Gasteiger charge is -2.42. The maximum Gasteiger partial charge on any atom is 0.258 e. The number of benzene rings is 1. The first-order valence-electron chi connectivity index (χ1n) is 16.1. The minimum atomic E-state index is -0.265. The summed E-state index contributed by atoms with van der Waals surface area (Å²) < 4.78 is 3.93. The third-order valence-electron chi connectivity index (χ3n) is 9.84. The zero-order valence-electron chi connectivity index (χ0n) is 25.8. The topological polar surface area (TPSA) is 108 Å². The van der Waals surface area contributed by atoms with Gasteiger partial charge in [-0.3, -0.25) is 24.7 Å². The molecular weight excluding hydrogens is 554 g/mol. The molecule has 1 saturated carbocycles. The number of aliphatic hydroxyl groups excluding tert-OH is 1. The molecule has 0 bridgehead atoms. The quantitative estimate of drug-likeness (QED) is 0.346. The largest absolute Gasteiger partial charge is 0.393 e. The molecule has 11 heteroatoms. The number of nitrogens with one attached hydrogen (secondary N) is 1. The van der Waals surface area contributed by atoms with Gasteiger partial charge in [0.2, 0.25) is 5.95 Å². The van der Waals surface area contributed by atoms with Crippen LogP contribution in [0.15, 0.2) is 48.9 Å². The van der Waals surface area contributed by atoms with Gasteiger partial charge in [0.05, 0.1) is 29.0 Å². The number of hydrogen-bond donors (Lipinski definition) is 2. The number of aryl methyl sites for hydroxylation is 1. The van der Waals surface area contributed by atoms with Crippen molar-refractivity contribution in [3.8, 4) is 11.3 Å². The molecule has 1 amide bonds. The SMILES string of the molecule is CN1CCN(C2CCN(c3ccc4nc(NC(=O)c5ccnc(-c6cnn(C)c6)c5)n([C@H]5CC[C@@H](O)CC5)c4c3)CC2)CC1. The second kappa shape index (κ2) is 12.3. The first-order valence-corrected chi connectivity index (χ1v) is 16.1. The Kier molecular flexibility index (Phi) is 8.09. The van der Waals surface area contributed by atoms with Crippen LogP contribution in [0.3, 0.4) is 0 Å². The van der Waals surface area contributed by atoms with Crippen molar-refractivity contribution in [1.82, 2.24) is 34.1 Å². The van der Waals surface area contributed by atoms with E-state index in [1.807, 2.05) is 13.2 Å². The Morgan fingerprint density at radius 1 is 0.909 bits per heavy atom. The smallest absolute Gasteiger partial charge is 0.258 e. The lowest BCUT2D eigenvalue weighted by molar-refractivity contribution is 0.0982. The van der Waals surface area contributed by atoms with Gasteiger partial charge in [-0.05, 0) is 75.9 Å². The van der Waals surface area contributed by atoms with Crippen molar-refractivity contribution in [3.05, 3.63) is 54.5 Å². The maximum atomic E-state index is 13.6. The van der Waals surface area contributed by atoms with Crippen LogP contribution in [0.25, 0.3) is 22.3 Å². The van der Waals surface area contributed by atoms with Gasteiger partial charge in [-0.2, -0.15) is 5.10 Å². The summed E-state index contributed by atoms with van der Waals surface area (Å²) >= 11 is 0. The van der Waals surface area contributed by atoms with Crippen LogP contribution in [-0.4, -0.2) is 104 Å². The molecule has 44 heavy (non-hydrogen) atoms. The van der Waals surface area contributed by atoms with Gasteiger partial charge in [-0.1, -0.05) is 0 Å². The summed E-state index contributed by atoms with van der Waals surface area (Å²) in [6.45, 7) is 6.73. The first kappa shape index (κ1) is 28.9. The zero-order chi connectivity index (χ0) is 30.2. The van der Waals surface area contributed by atoms with Gasteiger partial charge in [0.25, 0.3) is 5.91 Å². The standard InChI is InChI=1S/C33H43N9O2/c1-38-15-17-41(18-16-38)25-10-13-40(14-11-25)27-5-8-29-31(20-27)42(26-3-6-28(43)7-4-26)33(36-29)37-32(44)23-9-12-34-30(19-23)24-21-35-39(2)22-24/h5,8-9,12,19-22,25-26,28,43H,3-4,6-7,10-11,13-18H2,1-2H3,(H,36,37,44)/t26-,28+. The Labute approximate surface area is 258 Å². The van der Waals surface area contributed by atoms with Gasteiger partial charge in [0, 0.05) is 87.6 Å². The molecule has 11 nitrogen and oxygen atoms in total. The molecule has 1 aromatic carbocycles. The van der Waals surface area contributed by atoms with Crippen molar-refractivity contribution < 1.29 is 9.90 Å². The Bertz CT molecular complexity index is 1610. The number of pyridine rings is 1. The maximum absolute atomic E-state index is 13.6. The van der Waals surface area contributed by atoms with E-state index < -0.39 is 0 Å². The Hall–Kier alpha value is -3.80. The van der Waals surface area contributed by atoms with Crippen molar-refractivity contribution >= 4 is 28.6 Å². The second-order valence-corrected chi connectivity index (χ2v) is 12.8. The van der Waals surface area contributed by atoms with Crippen molar-refractivity contribution in [1.29, 1.82) is 0 Å². The fourth-order valence-corrected chi connectivity index (χ4v) is 7.19. The molecule has 2 aliphatic heterocycles. The van der Waals surface area contributed by atoms with E-state index in [1.54, 1.807) is 29.2 Å². The van der Waals surface area contributed by atoms with Crippen LogP contribution in [0.4, 0.5) is 11.6 Å². The van der Waals surface area contributed by atoms with E-state index in [4.69, 9.17) is 4.98 Å². The molecular formula is C33H43N9O2. The molecule has 1 aliphatic carbocycles. The second-order valence-electron chi connectivity index (χ2n) is 12.8. The number of piperidine rings is 1. The molecule has 0 unspecified atom stereocenters. The van der Waals surface area contributed by atoms with Crippen molar-refractivity contribution in [2.45, 2.75) is 56.7 Å². The van der Waals surface area contributed by atoms with E-state index in [0.717, 1.165) is 68.5 Å². The number of rotatable bonds is 6. The van der Waals surface area contributed by atoms with Crippen molar-refractivity contribution in [2.24, 2.45) is 7.05 Å². The summed E-state index contributed by atoms with van der Waals surface area (Å²) in [7, 11) is 4.07. The van der Waals surface area contributed by atoms with E-state index in [1.165, 1.54) is 31.6 Å². The van der Waals surface area contributed by atoms with E-state index in [9.17, 15) is 9.90 Å². The number of carbonyl (C=O) groups excluding carboxylic acids is 1. The Morgan fingerprint density at radius 2 is 1.68 bits per heavy atom. The predicted octanol–water partition coefficient (Wildman–Crippen LogP) is 3.78. The minimum Gasteiger partial charge on any atom is -0.393 e. The summed E-state index contributed by atoms with van der Waals surface area (Å²) in [6, 6.07) is 10.9. The van der Waals surface area contributed by atoms with Crippen LogP contribution >= 0.6 is 0 Å². The summed E-state index contributed by atoms with van der Waals surface area (Å²) in [6.07, 6.45) is 10.5. The first-order chi connectivity index (χ1) is 21.4. The van der Waals surface area contributed by atoms with Crippen LogP contribution in [-0.2, 0) is 7.05 Å². The number of aliphatic hydroxyl groups is 1. The Morgan fingerprint density at radius 3 is 2.41 bits per heavy atom. The number of anilines is 2. The highest BCUT2D eigenvalue weighted by atomic mass is 16.3. The molecule has 3 aliphatic rings. The van der Waals surface area contributed by atoms with Gasteiger partial charge in [-0.15, -0.1) is 0 Å². The van der Waals surface area contributed by atoms with Gasteiger partial charge in [0.1, 0.15) is 0 Å². The van der Waals surface area contributed by atoms with Crippen LogP contribution in [0.2, 0.25) is 0 Å². The molecule has 4 aromatic rings. The van der Waals surface area contributed by atoms with Gasteiger partial charge >= 0.3 is 0 Å². The lowest BCUT2D eigenvalue weighted by atomic mass is 9.93. The van der Waals surface area contributed by atoms with Gasteiger partial charge in [0.15, 0.2) is 0 Å². The number of nitrogens with zero attached hydrogens (tertiary/aromatic N) is 8. The highest BCUT2D eigenvalue weighted by molar-refractivity contribution is 6.04. The summed E-state index contributed by atoms with van der Waals surface area (Å²) in [5.41, 5.74) is 5.18. The fraction of sp³-hybridized carbons (Fsp3) is 0.515. The third-order valence-corrected chi connectivity index (χ3v) is 9.84. The molecule has 0 spiro atoms. The molecule has 7 rings (SSSR count). The summed E-state index contributed by atoms with van der Waals surface area (Å²) in [5, 5.41) is 17.6. The third kappa shape index (κ3) is 5.96. The van der Waals surface area contributed by atoms with E-state index in [2.05, 4.69) is 59.9 Å². The minimum absolute atomic E-state index is 0.153. The highest BCUT2D eigenvalue weighted by Crippen LogP contribution is 2.36. The molecule has 232 valence electrons. The molecule has 0 atom stereocenters. The van der Waals surface area contributed by atoms with E-state index in [-0.39, 0.29) is 18.1 Å². The molecule has 5 heterocycles. The van der Waals surface area contributed by atoms with Crippen LogP contribution in [0.1, 0.15) is 54.9 Å². The van der Waals surface area contributed by atoms with Crippen molar-refractivity contribution in [2.75, 3.05) is 56.5 Å². The number of likely N-dealkylation sites (N-methyl/N-ethyl adjacent to an activating group) is 1. The summed E-state index contributed by atoms with van der Waals surface area (Å²) in [4.78, 5) is 30.6. The lowest BCUT2D eigenvalue weighted by Crippen LogP contribution is -2.52. The number of piperazine rings is 1. The van der Waals surface area contributed by atoms with Crippen LogP contribution < -0.4 is 10.2 Å². The Balaban J connectivity index is 1.14. The van der Waals surface area contributed by atoms with Crippen LogP contribution in [0, 0.1) is 0 Å². The number of amides is 1. The molecule has 3 aromatic heterocycles. The number of aromatic nitrogens is 5. The normalized spacial score (nSPS) is 22.5. The average Bonchev–Trinajstić information content (AvgIpc) is 3.65. The van der Waals surface area contributed by atoms with Crippen molar-refractivity contribution in [3.63, 3.8) is 0 Å². The molecule has 3 fully saturated rings. The monoisotopic (exact) mass is 597 g/mol. The summed E-state index contributed by atoms with van der Waals surface area (Å²) in [5.74, 6) is 0.327. The number of imidazole rings is 1. The molecule has 2 saturated heterocycles. The van der Waals surface area contributed by atoms with Crippen LogP contribution in [0.5, 0.6) is 0 Å². The number of fused-ring (bicyclic) bond motifs is 1. The van der Waals surface area contributed by atoms with Gasteiger partial charge < -0.3 is 19.5 Å². The van der Waals surface area contributed by atoms with E-state index >= 15 is 0 Å². The predicted molar refractivity (Wildman–Crippen MR) is 172 cm³/mol. The van der Waals surface area contributed by atoms with E-state index in [0.29, 0.717) is 23.2 Å². The van der Waals surface area contributed by atoms with Gasteiger partial charge in [-0.25, -0.2) is 4.98 Å². The molecule has 2 N–H and O–H groups in total. The number of carbonyl (C=O) groups is 1. The fourth-order valence-electron chi connectivity index (χ4n) is 7.19. The average molecular weight is 598 g/mol. The zero-order valence-corrected chi connectivity index (χ0v) is 25.8. The highest BCUT2D eigenvalue weighted by Gasteiger charge is 2.29. The molecule has 0 radical (unpaired) electrons. The number of hydrogen-bond acceptors (Lipinski definition) is 8.